The van der Waals surface area contributed by atoms with Crippen LogP contribution in [0.2, 0.25) is 0 Å². The van der Waals surface area contributed by atoms with E-state index in [1.54, 1.807) is 13.3 Å². The monoisotopic (exact) mass is 443 g/mol. The molecule has 1 saturated carbocycles. The van der Waals surface area contributed by atoms with E-state index >= 15 is 0 Å². The van der Waals surface area contributed by atoms with Gasteiger partial charge in [-0.25, -0.2) is 14.2 Å². The molecule has 4 heterocycles. The Kier molecular flexibility index (Phi) is 6.01. The van der Waals surface area contributed by atoms with Gasteiger partial charge in [-0.05, 0) is 68.0 Å². The maximum atomic E-state index is 12.3. The quantitative estimate of drug-likeness (QED) is 0.563. The fourth-order valence-corrected chi connectivity index (χ4v) is 6.72. The number of ether oxygens (including phenoxy) is 1. The third-order valence-corrected chi connectivity index (χ3v) is 8.21. The van der Waals surface area contributed by atoms with Crippen LogP contribution in [0.4, 0.5) is 0 Å². The lowest BCUT2D eigenvalue weighted by Crippen LogP contribution is -2.43. The Morgan fingerprint density at radius 1 is 1.26 bits per heavy atom. The molecule has 1 aliphatic carbocycles. The van der Waals surface area contributed by atoms with Crippen molar-refractivity contribution in [3.63, 3.8) is 0 Å². The molecule has 0 bridgehead atoms. The first-order valence-corrected chi connectivity index (χ1v) is 12.2. The summed E-state index contributed by atoms with van der Waals surface area (Å²) in [6.45, 7) is 2.45. The van der Waals surface area contributed by atoms with Gasteiger partial charge in [0.05, 0.1) is 24.5 Å². The second-order valence-electron chi connectivity index (χ2n) is 8.94. The Balaban J connectivity index is 1.34. The van der Waals surface area contributed by atoms with E-state index in [0.717, 1.165) is 73.7 Å². The number of pyridine rings is 1. The van der Waals surface area contributed by atoms with Crippen molar-refractivity contribution in [2.75, 3.05) is 26.8 Å². The van der Waals surface area contributed by atoms with Gasteiger partial charge < -0.3 is 9.29 Å². The highest BCUT2D eigenvalue weighted by Crippen LogP contribution is 2.42. The number of hydrogen-bond acceptors (Lipinski definition) is 6. The van der Waals surface area contributed by atoms with Crippen molar-refractivity contribution in [1.82, 2.24) is 25.1 Å². The number of nitrogens with one attached hydrogen (secondary N) is 1. The lowest BCUT2D eigenvalue weighted by molar-refractivity contribution is 0.141. The first kappa shape index (κ1) is 20.9. The molecule has 3 unspecified atom stereocenters. The van der Waals surface area contributed by atoms with Crippen LogP contribution in [0.25, 0.3) is 21.9 Å². The Bertz CT molecular complexity index is 1080. The van der Waals surface area contributed by atoms with Crippen LogP contribution < -0.4 is 0 Å². The molecule has 1 saturated heterocycles. The highest BCUT2D eigenvalue weighted by atomic mass is 32.2. The zero-order chi connectivity index (χ0) is 21.4. The van der Waals surface area contributed by atoms with Crippen molar-refractivity contribution in [2.45, 2.75) is 43.4 Å². The molecule has 2 aliphatic rings. The van der Waals surface area contributed by atoms with Crippen molar-refractivity contribution in [3.8, 4) is 0 Å². The van der Waals surface area contributed by atoms with E-state index < -0.39 is 11.1 Å². The van der Waals surface area contributed by atoms with E-state index in [1.807, 2.05) is 18.5 Å². The number of H-pyrrole nitrogens is 1. The summed E-state index contributed by atoms with van der Waals surface area (Å²) in [4.78, 5) is 11.0. The zero-order valence-electron chi connectivity index (χ0n) is 17.7. The van der Waals surface area contributed by atoms with E-state index in [1.165, 1.54) is 5.56 Å². The molecular weight excluding hydrogens is 414 g/mol. The molecule has 8 nitrogen and oxygen atoms in total. The fraction of sp³-hybridized carbons (Fsp3) is 0.591. The second kappa shape index (κ2) is 8.90. The molecular formula is C22H29N5O3S. The highest BCUT2D eigenvalue weighted by molar-refractivity contribution is 7.79. The van der Waals surface area contributed by atoms with Gasteiger partial charge in [0, 0.05) is 30.6 Å². The number of methoxy groups -OCH3 is 1. The number of hydrogen-bond donors (Lipinski definition) is 2. The topological polar surface area (TPSA) is 104 Å². The number of aromatic nitrogens is 4. The van der Waals surface area contributed by atoms with Gasteiger partial charge in [0.2, 0.25) is 0 Å². The van der Waals surface area contributed by atoms with Gasteiger partial charge in [-0.15, -0.1) is 0 Å². The summed E-state index contributed by atoms with van der Waals surface area (Å²) in [6.07, 6.45) is 10.5. The van der Waals surface area contributed by atoms with Crippen LogP contribution in [0.5, 0.6) is 0 Å². The molecule has 9 heteroatoms. The molecule has 3 atom stereocenters. The minimum absolute atomic E-state index is 0.236. The summed E-state index contributed by atoms with van der Waals surface area (Å²) in [6, 6.07) is 2.02. The molecule has 5 rings (SSSR count). The van der Waals surface area contributed by atoms with Crippen LogP contribution in [0.3, 0.4) is 0 Å². The zero-order valence-corrected chi connectivity index (χ0v) is 18.6. The predicted molar refractivity (Wildman–Crippen MR) is 120 cm³/mol. The minimum Gasteiger partial charge on any atom is -0.384 e. The number of aromatic amines is 1. The second-order valence-corrected chi connectivity index (χ2v) is 9.97. The third-order valence-electron chi connectivity index (χ3n) is 7.11. The van der Waals surface area contributed by atoms with Crippen LogP contribution >= 0.6 is 0 Å². The van der Waals surface area contributed by atoms with E-state index in [2.05, 4.69) is 25.1 Å². The van der Waals surface area contributed by atoms with Crippen molar-refractivity contribution in [3.05, 3.63) is 30.2 Å². The lowest BCUT2D eigenvalue weighted by Gasteiger charge is -2.37. The Hall–Kier alpha value is -1.94. The average Bonchev–Trinajstić information content (AvgIpc) is 3.44. The molecule has 0 amide bonds. The SMILES string of the molecule is COCC1CCN(C(C2CCC(c3cn[nH]c4cnc5nccc5c34)CC2)S(=O)O)C1. The van der Waals surface area contributed by atoms with Crippen LogP contribution in [0, 0.1) is 11.8 Å². The summed E-state index contributed by atoms with van der Waals surface area (Å²) >= 11 is -1.85. The van der Waals surface area contributed by atoms with E-state index in [9.17, 15) is 8.76 Å². The normalized spacial score (nSPS) is 27.1. The minimum atomic E-state index is -1.85. The first-order valence-electron chi connectivity index (χ1n) is 11.0. The molecule has 31 heavy (non-hydrogen) atoms. The molecule has 0 aromatic carbocycles. The van der Waals surface area contributed by atoms with Crippen molar-refractivity contribution in [2.24, 2.45) is 11.8 Å². The van der Waals surface area contributed by atoms with Gasteiger partial charge in [-0.1, -0.05) is 0 Å². The fourth-order valence-electron chi connectivity index (χ4n) is 5.67. The maximum absolute atomic E-state index is 12.3. The maximum Gasteiger partial charge on any atom is 0.171 e. The van der Waals surface area contributed by atoms with Crippen LogP contribution in [0.15, 0.2) is 24.7 Å². The Labute approximate surface area is 184 Å². The molecule has 1 aliphatic heterocycles. The highest BCUT2D eigenvalue weighted by Gasteiger charge is 2.38. The summed E-state index contributed by atoms with van der Waals surface area (Å²) in [5.41, 5.74) is 2.92. The van der Waals surface area contributed by atoms with Gasteiger partial charge in [0.1, 0.15) is 5.37 Å². The lowest BCUT2D eigenvalue weighted by atomic mass is 9.78. The van der Waals surface area contributed by atoms with Crippen LogP contribution in [0.1, 0.15) is 43.6 Å². The van der Waals surface area contributed by atoms with Crippen molar-refractivity contribution in [1.29, 1.82) is 0 Å². The molecule has 3 aromatic heterocycles. The molecule has 0 spiro atoms. The molecule has 0 radical (unpaired) electrons. The molecule has 166 valence electrons. The van der Waals surface area contributed by atoms with Gasteiger partial charge in [0.15, 0.2) is 16.7 Å². The Morgan fingerprint density at radius 2 is 2.10 bits per heavy atom. The Morgan fingerprint density at radius 3 is 2.87 bits per heavy atom. The van der Waals surface area contributed by atoms with Gasteiger partial charge in [-0.3, -0.25) is 10.00 Å². The summed E-state index contributed by atoms with van der Waals surface area (Å²) in [5.74, 6) is 1.08. The molecule has 2 fully saturated rings. The molecule has 2 N–H and O–H groups in total. The molecule has 3 aromatic rings. The number of likely N-dealkylation sites (tertiary alicyclic amines) is 1. The van der Waals surface area contributed by atoms with Gasteiger partial charge in [-0.2, -0.15) is 5.10 Å². The summed E-state index contributed by atoms with van der Waals surface area (Å²) < 4.78 is 27.7. The van der Waals surface area contributed by atoms with Crippen LogP contribution in [-0.2, 0) is 15.8 Å². The van der Waals surface area contributed by atoms with Gasteiger partial charge >= 0.3 is 0 Å². The number of fused-ring (bicyclic) bond motifs is 3. The first-order chi connectivity index (χ1) is 15.2. The average molecular weight is 444 g/mol. The standard InChI is InChI=1S/C22H29N5O3S/c1-30-13-14-7-9-27(12-14)22(31(28)29)16-4-2-15(3-5-16)18-10-25-26-19-11-24-21-17(20(18)19)6-8-23-21/h6,8,10-11,14-16,22,26H,2-5,7,9,12-13H2,1H3,(H,28,29). The van der Waals surface area contributed by atoms with Gasteiger partial charge in [0.25, 0.3) is 0 Å². The predicted octanol–water partition coefficient (Wildman–Crippen LogP) is 3.30. The number of nitrogens with zero attached hydrogens (tertiary/aromatic N) is 4. The van der Waals surface area contributed by atoms with Crippen LogP contribution in [-0.4, -0.2) is 66.0 Å². The van der Waals surface area contributed by atoms with Crippen molar-refractivity contribution >= 4 is 33.0 Å². The van der Waals surface area contributed by atoms with E-state index in [0.29, 0.717) is 11.8 Å². The van der Waals surface area contributed by atoms with E-state index in [-0.39, 0.29) is 11.3 Å². The third kappa shape index (κ3) is 4.00. The smallest absolute Gasteiger partial charge is 0.171 e. The van der Waals surface area contributed by atoms with E-state index in [4.69, 9.17) is 4.74 Å². The number of rotatable bonds is 6. The summed E-state index contributed by atoms with van der Waals surface area (Å²) in [7, 11) is 1.72. The summed E-state index contributed by atoms with van der Waals surface area (Å²) in [5, 5.41) is 9.37. The van der Waals surface area contributed by atoms with Crippen molar-refractivity contribution < 1.29 is 13.5 Å². The largest absolute Gasteiger partial charge is 0.384 e.